The molecule has 0 aliphatic carbocycles. The maximum atomic E-state index is 5.39. The normalized spacial score (nSPS) is 12.2. The summed E-state index contributed by atoms with van der Waals surface area (Å²) in [5, 5.41) is 3.98. The fourth-order valence-electron chi connectivity index (χ4n) is 1.70. The molecule has 0 fully saturated rings. The van der Waals surface area contributed by atoms with Gasteiger partial charge >= 0.3 is 0 Å². The Hall–Kier alpha value is -1.73. The van der Waals surface area contributed by atoms with Gasteiger partial charge in [0.15, 0.2) is 5.16 Å². The minimum absolute atomic E-state index is 0.196. The quantitative estimate of drug-likeness (QED) is 0.323. The Balaban J connectivity index is 2.05. The lowest BCUT2D eigenvalue weighted by molar-refractivity contribution is 0.497. The minimum atomic E-state index is 0.196. The van der Waals surface area contributed by atoms with E-state index in [1.165, 1.54) is 11.8 Å². The first-order valence-corrected chi connectivity index (χ1v) is 7.12. The number of aromatic nitrogens is 2. The zero-order valence-electron chi connectivity index (χ0n) is 10.9. The molecular weight excluding hydrogens is 262 g/mol. The highest BCUT2D eigenvalue weighted by atomic mass is 32.2. The number of hydrazine groups is 1. The van der Waals surface area contributed by atoms with Crippen molar-refractivity contribution in [3.63, 3.8) is 0 Å². The Morgan fingerprint density at radius 3 is 2.84 bits per heavy atom. The third-order valence-electron chi connectivity index (χ3n) is 2.52. The van der Waals surface area contributed by atoms with E-state index in [2.05, 4.69) is 27.6 Å². The van der Waals surface area contributed by atoms with Crippen molar-refractivity contribution in [1.29, 1.82) is 0 Å². The summed E-state index contributed by atoms with van der Waals surface area (Å²) in [6.07, 6.45) is 4.39. The zero-order valence-corrected chi connectivity index (χ0v) is 11.7. The zero-order chi connectivity index (χ0) is 13.7. The van der Waals surface area contributed by atoms with Gasteiger partial charge in [0.25, 0.3) is 0 Å². The van der Waals surface area contributed by atoms with Crippen LogP contribution in [0.15, 0.2) is 34.0 Å². The minimum Gasteiger partial charge on any atom is -0.469 e. The largest absolute Gasteiger partial charge is 0.469 e. The van der Waals surface area contributed by atoms with Crippen molar-refractivity contribution in [2.45, 2.75) is 24.5 Å². The van der Waals surface area contributed by atoms with Crippen LogP contribution in [0.1, 0.15) is 12.7 Å². The molecule has 6 nitrogen and oxygen atoms in total. The molecule has 2 aromatic heterocycles. The summed E-state index contributed by atoms with van der Waals surface area (Å²) in [6.45, 7) is 2.07. The summed E-state index contributed by atoms with van der Waals surface area (Å²) >= 11 is 1.47. The average molecular weight is 279 g/mol. The number of anilines is 2. The lowest BCUT2D eigenvalue weighted by Gasteiger charge is -2.14. The van der Waals surface area contributed by atoms with Crippen molar-refractivity contribution in [2.24, 2.45) is 5.84 Å². The number of nitrogens with zero attached hydrogens (tertiary/aromatic N) is 2. The van der Waals surface area contributed by atoms with E-state index in [1.807, 2.05) is 18.4 Å². The summed E-state index contributed by atoms with van der Waals surface area (Å²) in [5.74, 6) is 7.66. The third-order valence-corrected chi connectivity index (χ3v) is 3.07. The molecule has 2 rings (SSSR count). The molecule has 19 heavy (non-hydrogen) atoms. The van der Waals surface area contributed by atoms with Gasteiger partial charge < -0.3 is 15.2 Å². The summed E-state index contributed by atoms with van der Waals surface area (Å²) in [7, 11) is 0. The number of thioether (sulfide) groups is 1. The van der Waals surface area contributed by atoms with Crippen molar-refractivity contribution in [3.05, 3.63) is 30.2 Å². The van der Waals surface area contributed by atoms with Crippen molar-refractivity contribution >= 4 is 23.4 Å². The summed E-state index contributed by atoms with van der Waals surface area (Å²) in [5.41, 5.74) is 2.54. The van der Waals surface area contributed by atoms with Gasteiger partial charge in [-0.2, -0.15) is 0 Å². The predicted octanol–water partition coefficient (Wildman–Crippen LogP) is 2.12. The van der Waals surface area contributed by atoms with Crippen LogP contribution >= 0.6 is 11.8 Å². The van der Waals surface area contributed by atoms with E-state index in [0.717, 1.165) is 18.0 Å². The van der Waals surface area contributed by atoms with E-state index in [4.69, 9.17) is 10.3 Å². The molecular formula is C12H17N5OS. The number of furan rings is 1. The molecule has 7 heteroatoms. The molecule has 2 heterocycles. The van der Waals surface area contributed by atoms with Crippen molar-refractivity contribution < 1.29 is 4.42 Å². The van der Waals surface area contributed by atoms with Gasteiger partial charge in [-0.1, -0.05) is 11.8 Å². The van der Waals surface area contributed by atoms with E-state index in [9.17, 15) is 0 Å². The van der Waals surface area contributed by atoms with E-state index >= 15 is 0 Å². The molecule has 4 N–H and O–H groups in total. The third kappa shape index (κ3) is 3.87. The number of nitrogens with two attached hydrogens (primary N) is 1. The van der Waals surface area contributed by atoms with Crippen LogP contribution < -0.4 is 16.6 Å². The molecule has 1 unspecified atom stereocenters. The fourth-order valence-corrected chi connectivity index (χ4v) is 2.08. The number of nitrogens with one attached hydrogen (secondary N) is 2. The van der Waals surface area contributed by atoms with Crippen LogP contribution in [0.3, 0.4) is 0 Å². The smallest absolute Gasteiger partial charge is 0.191 e. The van der Waals surface area contributed by atoms with Gasteiger partial charge in [-0.3, -0.25) is 0 Å². The Labute approximate surface area is 116 Å². The molecule has 0 saturated carbocycles. The van der Waals surface area contributed by atoms with Crippen molar-refractivity contribution in [1.82, 2.24) is 9.97 Å². The lowest BCUT2D eigenvalue weighted by atomic mass is 10.2. The molecule has 0 amide bonds. The first-order valence-electron chi connectivity index (χ1n) is 5.90. The van der Waals surface area contributed by atoms with E-state index in [0.29, 0.717) is 11.0 Å². The number of hydrogen-bond acceptors (Lipinski definition) is 7. The van der Waals surface area contributed by atoms with Crippen LogP contribution in [-0.2, 0) is 6.42 Å². The Kier molecular flexibility index (Phi) is 4.64. The Bertz CT molecular complexity index is 495. The average Bonchev–Trinajstić information content (AvgIpc) is 2.90. The summed E-state index contributed by atoms with van der Waals surface area (Å²) in [6, 6.07) is 5.81. The molecule has 102 valence electrons. The van der Waals surface area contributed by atoms with Crippen LogP contribution in [0.4, 0.5) is 11.6 Å². The highest BCUT2D eigenvalue weighted by Crippen LogP contribution is 2.18. The van der Waals surface area contributed by atoms with Gasteiger partial charge in [0.1, 0.15) is 17.4 Å². The molecule has 0 aliphatic heterocycles. The number of hydrogen-bond donors (Lipinski definition) is 3. The van der Waals surface area contributed by atoms with Gasteiger partial charge in [-0.05, 0) is 25.3 Å². The van der Waals surface area contributed by atoms with Crippen LogP contribution in [0.5, 0.6) is 0 Å². The monoisotopic (exact) mass is 279 g/mol. The predicted molar refractivity (Wildman–Crippen MR) is 77.1 cm³/mol. The van der Waals surface area contributed by atoms with Crippen LogP contribution in [0.25, 0.3) is 0 Å². The van der Waals surface area contributed by atoms with Crippen LogP contribution in [-0.4, -0.2) is 22.3 Å². The Morgan fingerprint density at radius 2 is 2.21 bits per heavy atom. The maximum Gasteiger partial charge on any atom is 0.191 e. The first kappa shape index (κ1) is 13.7. The molecule has 0 radical (unpaired) electrons. The molecule has 0 aromatic carbocycles. The number of nitrogen functional groups attached to an aromatic ring is 1. The molecule has 0 spiro atoms. The highest BCUT2D eigenvalue weighted by Gasteiger charge is 2.09. The maximum absolute atomic E-state index is 5.39. The highest BCUT2D eigenvalue weighted by molar-refractivity contribution is 7.98. The SMILES string of the molecule is CSc1nc(NN)cc(NC(C)Cc2ccco2)n1. The molecule has 0 aliphatic rings. The van der Waals surface area contributed by atoms with Gasteiger partial charge in [-0.15, -0.1) is 0 Å². The van der Waals surface area contributed by atoms with Gasteiger partial charge in [-0.25, -0.2) is 15.8 Å². The van der Waals surface area contributed by atoms with Gasteiger partial charge in [0.2, 0.25) is 0 Å². The topological polar surface area (TPSA) is 89.0 Å². The van der Waals surface area contributed by atoms with E-state index in [-0.39, 0.29) is 6.04 Å². The van der Waals surface area contributed by atoms with E-state index in [1.54, 1.807) is 12.3 Å². The van der Waals surface area contributed by atoms with E-state index < -0.39 is 0 Å². The summed E-state index contributed by atoms with van der Waals surface area (Å²) in [4.78, 5) is 8.59. The molecule has 2 aromatic rings. The van der Waals surface area contributed by atoms with Crippen LogP contribution in [0.2, 0.25) is 0 Å². The van der Waals surface area contributed by atoms with Crippen molar-refractivity contribution in [2.75, 3.05) is 17.0 Å². The lowest BCUT2D eigenvalue weighted by Crippen LogP contribution is -2.19. The standard InChI is InChI=1S/C12H17N5OS/c1-8(6-9-4-3-5-18-9)14-10-7-11(17-13)16-12(15-10)19-2/h3-5,7-8H,6,13H2,1-2H3,(H2,14,15,16,17). The molecule has 0 bridgehead atoms. The Morgan fingerprint density at radius 1 is 1.42 bits per heavy atom. The second-order valence-electron chi connectivity index (χ2n) is 4.10. The van der Waals surface area contributed by atoms with Crippen molar-refractivity contribution in [3.8, 4) is 0 Å². The number of rotatable bonds is 6. The molecule has 0 saturated heterocycles. The van der Waals surface area contributed by atoms with Crippen LogP contribution in [0, 0.1) is 0 Å². The molecule has 1 atom stereocenters. The van der Waals surface area contributed by atoms with Gasteiger partial charge in [0.05, 0.1) is 6.26 Å². The first-order chi connectivity index (χ1) is 9.21. The second-order valence-corrected chi connectivity index (χ2v) is 4.87. The second kappa shape index (κ2) is 6.44. The van der Waals surface area contributed by atoms with Gasteiger partial charge in [0, 0.05) is 18.5 Å². The summed E-state index contributed by atoms with van der Waals surface area (Å²) < 4.78 is 5.32. The fraction of sp³-hybridized carbons (Fsp3) is 0.333.